The van der Waals surface area contributed by atoms with Gasteiger partial charge in [-0.05, 0) is 47.5 Å². The lowest BCUT2D eigenvalue weighted by molar-refractivity contribution is 0.892. The Labute approximate surface area is 203 Å². The van der Waals surface area contributed by atoms with E-state index in [4.69, 9.17) is 16.7 Å². The predicted octanol–water partition coefficient (Wildman–Crippen LogP) is 7.92. The lowest BCUT2D eigenvalue weighted by Crippen LogP contribution is -1.99. The Morgan fingerprint density at radius 3 is 2.00 bits per heavy atom. The van der Waals surface area contributed by atoms with Crippen LogP contribution in [0.1, 0.15) is 11.1 Å². The summed E-state index contributed by atoms with van der Waals surface area (Å²) in [7, 11) is 0. The molecule has 1 aromatic heterocycles. The average molecular weight is 458 g/mol. The molecule has 0 amide bonds. The summed E-state index contributed by atoms with van der Waals surface area (Å²) in [5.74, 6) is 0. The van der Waals surface area contributed by atoms with Crippen LogP contribution in [0.25, 0.3) is 39.9 Å². The maximum absolute atomic E-state index is 9.65. The summed E-state index contributed by atoms with van der Waals surface area (Å²) in [4.78, 5) is 0. The van der Waals surface area contributed by atoms with Crippen molar-refractivity contribution in [2.75, 3.05) is 0 Å². The SMILES string of the molecule is N#C/C(=C\c1ccc(-n2nc(-c3ccccc3)cc2-c2ccccc2)cc1)c1ccc(Cl)cc1. The smallest absolute Gasteiger partial charge is 0.0998 e. The molecule has 1 heterocycles. The molecule has 0 unspecified atom stereocenters. The Balaban J connectivity index is 1.53. The lowest BCUT2D eigenvalue weighted by Gasteiger charge is -2.08. The second-order valence-electron chi connectivity index (χ2n) is 7.83. The van der Waals surface area contributed by atoms with E-state index in [1.807, 2.05) is 83.6 Å². The van der Waals surface area contributed by atoms with Gasteiger partial charge in [-0.2, -0.15) is 10.4 Å². The van der Waals surface area contributed by atoms with Gasteiger partial charge < -0.3 is 0 Å². The van der Waals surface area contributed by atoms with Crippen molar-refractivity contribution in [3.8, 4) is 34.3 Å². The van der Waals surface area contributed by atoms with Crippen molar-refractivity contribution in [2.24, 2.45) is 0 Å². The zero-order valence-electron chi connectivity index (χ0n) is 18.3. The van der Waals surface area contributed by atoms with Crippen LogP contribution < -0.4 is 0 Å². The fourth-order valence-electron chi connectivity index (χ4n) is 3.83. The Hall–Kier alpha value is -4.39. The highest BCUT2D eigenvalue weighted by Crippen LogP contribution is 2.29. The van der Waals surface area contributed by atoms with Gasteiger partial charge >= 0.3 is 0 Å². The summed E-state index contributed by atoms with van der Waals surface area (Å²) in [6.07, 6.45) is 1.88. The van der Waals surface area contributed by atoms with Gasteiger partial charge in [0.2, 0.25) is 0 Å². The van der Waals surface area contributed by atoms with Gasteiger partial charge in [0.15, 0.2) is 0 Å². The van der Waals surface area contributed by atoms with E-state index in [0.717, 1.165) is 39.3 Å². The first-order valence-corrected chi connectivity index (χ1v) is 11.3. The second-order valence-corrected chi connectivity index (χ2v) is 8.26. The van der Waals surface area contributed by atoms with Crippen LogP contribution in [0.15, 0.2) is 115 Å². The van der Waals surface area contributed by atoms with E-state index in [0.29, 0.717) is 10.6 Å². The molecule has 5 rings (SSSR count). The molecule has 0 spiro atoms. The van der Waals surface area contributed by atoms with E-state index in [1.54, 1.807) is 12.1 Å². The average Bonchev–Trinajstić information content (AvgIpc) is 3.35. The molecule has 0 radical (unpaired) electrons. The number of halogens is 1. The second kappa shape index (κ2) is 9.62. The Morgan fingerprint density at radius 1 is 0.765 bits per heavy atom. The normalized spacial score (nSPS) is 11.2. The molecule has 4 aromatic carbocycles. The molecule has 0 aliphatic heterocycles. The van der Waals surface area contributed by atoms with Gasteiger partial charge in [-0.3, -0.25) is 0 Å². The molecule has 3 nitrogen and oxygen atoms in total. The Kier molecular flexibility index (Phi) is 6.07. The van der Waals surface area contributed by atoms with Crippen LogP contribution >= 0.6 is 11.6 Å². The van der Waals surface area contributed by atoms with Crippen molar-refractivity contribution in [3.05, 3.63) is 131 Å². The predicted molar refractivity (Wildman–Crippen MR) is 139 cm³/mol. The van der Waals surface area contributed by atoms with Crippen LogP contribution in [0, 0.1) is 11.3 Å². The maximum Gasteiger partial charge on any atom is 0.0998 e. The van der Waals surface area contributed by atoms with Crippen LogP contribution in [-0.4, -0.2) is 9.78 Å². The van der Waals surface area contributed by atoms with Gasteiger partial charge in [0, 0.05) is 16.1 Å². The molecular formula is C30H20ClN3. The summed E-state index contributed by atoms with van der Waals surface area (Å²) in [5.41, 5.74) is 7.40. The molecule has 4 heteroatoms. The third-order valence-corrected chi connectivity index (χ3v) is 5.82. The molecule has 0 atom stereocenters. The Morgan fingerprint density at radius 2 is 1.38 bits per heavy atom. The molecule has 162 valence electrons. The van der Waals surface area contributed by atoms with Gasteiger partial charge in [0.1, 0.15) is 0 Å². The minimum atomic E-state index is 0.583. The molecule has 0 aliphatic rings. The number of rotatable bonds is 5. The van der Waals surface area contributed by atoms with Gasteiger partial charge in [-0.15, -0.1) is 0 Å². The van der Waals surface area contributed by atoms with E-state index in [1.165, 1.54) is 0 Å². The molecule has 0 aliphatic carbocycles. The quantitative estimate of drug-likeness (QED) is 0.198. The molecule has 0 fully saturated rings. The summed E-state index contributed by atoms with van der Waals surface area (Å²) in [6, 6.07) is 40.2. The van der Waals surface area contributed by atoms with E-state index < -0.39 is 0 Å². The van der Waals surface area contributed by atoms with Crippen molar-refractivity contribution >= 4 is 23.3 Å². The van der Waals surface area contributed by atoms with Crippen LogP contribution in [0.4, 0.5) is 0 Å². The monoisotopic (exact) mass is 457 g/mol. The highest BCUT2D eigenvalue weighted by molar-refractivity contribution is 6.30. The van der Waals surface area contributed by atoms with Crippen molar-refractivity contribution in [1.29, 1.82) is 5.26 Å². The molecule has 0 bridgehead atoms. The van der Waals surface area contributed by atoms with Gasteiger partial charge in [0.05, 0.1) is 28.7 Å². The molecule has 5 aromatic rings. The number of nitrogens with zero attached hydrogens (tertiary/aromatic N) is 3. The number of aromatic nitrogens is 2. The number of benzene rings is 4. The largest absolute Gasteiger partial charge is 0.232 e. The maximum atomic E-state index is 9.65. The summed E-state index contributed by atoms with van der Waals surface area (Å²) in [6.45, 7) is 0. The fraction of sp³-hybridized carbons (Fsp3) is 0. The van der Waals surface area contributed by atoms with Crippen molar-refractivity contribution < 1.29 is 0 Å². The summed E-state index contributed by atoms with van der Waals surface area (Å²) in [5, 5.41) is 15.2. The standard InChI is InChI=1S/C30H20ClN3/c31-27-15-13-23(14-16-27)26(21-32)19-22-11-17-28(18-12-22)34-30(25-9-5-2-6-10-25)20-29(33-34)24-7-3-1-4-8-24/h1-20H/b26-19+. The topological polar surface area (TPSA) is 41.6 Å². The third kappa shape index (κ3) is 4.54. The highest BCUT2D eigenvalue weighted by Gasteiger charge is 2.13. The zero-order chi connectivity index (χ0) is 23.3. The lowest BCUT2D eigenvalue weighted by atomic mass is 10.0. The van der Waals surface area contributed by atoms with Crippen LogP contribution in [-0.2, 0) is 0 Å². The first kappa shape index (κ1) is 21.5. The molecule has 34 heavy (non-hydrogen) atoms. The first-order valence-electron chi connectivity index (χ1n) is 10.9. The summed E-state index contributed by atoms with van der Waals surface area (Å²) >= 11 is 5.98. The van der Waals surface area contributed by atoms with Crippen molar-refractivity contribution in [2.45, 2.75) is 0 Å². The highest BCUT2D eigenvalue weighted by atomic mass is 35.5. The van der Waals surface area contributed by atoms with Crippen LogP contribution in [0.3, 0.4) is 0 Å². The van der Waals surface area contributed by atoms with Crippen LogP contribution in [0.2, 0.25) is 5.02 Å². The number of allylic oxidation sites excluding steroid dienone is 1. The fourth-order valence-corrected chi connectivity index (χ4v) is 3.96. The van der Waals surface area contributed by atoms with E-state index in [9.17, 15) is 5.26 Å². The first-order chi connectivity index (χ1) is 16.7. The van der Waals surface area contributed by atoms with Crippen LogP contribution in [0.5, 0.6) is 0 Å². The third-order valence-electron chi connectivity index (χ3n) is 5.57. The molecule has 0 saturated heterocycles. The number of nitriles is 1. The van der Waals surface area contributed by atoms with Crippen molar-refractivity contribution in [1.82, 2.24) is 9.78 Å². The number of hydrogen-bond donors (Lipinski definition) is 0. The minimum absolute atomic E-state index is 0.583. The van der Waals surface area contributed by atoms with Gasteiger partial charge in [-0.1, -0.05) is 96.5 Å². The van der Waals surface area contributed by atoms with E-state index in [-0.39, 0.29) is 0 Å². The number of hydrogen-bond acceptors (Lipinski definition) is 2. The zero-order valence-corrected chi connectivity index (χ0v) is 19.0. The molecule has 0 N–H and O–H groups in total. The summed E-state index contributed by atoms with van der Waals surface area (Å²) < 4.78 is 1.97. The van der Waals surface area contributed by atoms with E-state index in [2.05, 4.69) is 36.4 Å². The molecular weight excluding hydrogens is 438 g/mol. The minimum Gasteiger partial charge on any atom is -0.232 e. The van der Waals surface area contributed by atoms with E-state index >= 15 is 0 Å². The molecule has 0 saturated carbocycles. The Bertz CT molecular complexity index is 1480. The van der Waals surface area contributed by atoms with Gasteiger partial charge in [0.25, 0.3) is 0 Å². The van der Waals surface area contributed by atoms with Gasteiger partial charge in [-0.25, -0.2) is 4.68 Å². The van der Waals surface area contributed by atoms with Crippen molar-refractivity contribution in [3.63, 3.8) is 0 Å².